The van der Waals surface area contributed by atoms with E-state index in [0.717, 1.165) is 17.5 Å². The van der Waals surface area contributed by atoms with E-state index in [-0.39, 0.29) is 12.6 Å². The number of carbonyl (C=O) groups excluding carboxylic acids is 1. The van der Waals surface area contributed by atoms with Crippen molar-refractivity contribution >= 4 is 35.0 Å². The molecule has 0 aliphatic heterocycles. The van der Waals surface area contributed by atoms with Gasteiger partial charge in [-0.05, 0) is 48.7 Å². The number of carboxylic acids is 1. The first-order chi connectivity index (χ1) is 16.4. The van der Waals surface area contributed by atoms with Crippen molar-refractivity contribution in [2.24, 2.45) is 5.41 Å². The van der Waals surface area contributed by atoms with Gasteiger partial charge in [0.2, 0.25) is 0 Å². The number of aromatic nitrogens is 2. The lowest BCUT2D eigenvalue weighted by molar-refractivity contribution is -0.157. The topological polar surface area (TPSA) is 123 Å². The first kappa shape index (κ1) is 23.3. The number of halogens is 1. The summed E-state index contributed by atoms with van der Waals surface area (Å²) < 4.78 is 10.6. The van der Waals surface area contributed by atoms with Crippen LogP contribution in [-0.4, -0.2) is 40.8 Å². The normalized spacial score (nSPS) is 13.9. The third-order valence-electron chi connectivity index (χ3n) is 5.76. The molecule has 1 aliphatic carbocycles. The first-order valence-corrected chi connectivity index (χ1v) is 11.0. The molecule has 1 fully saturated rings. The van der Waals surface area contributed by atoms with E-state index in [1.54, 1.807) is 42.7 Å². The van der Waals surface area contributed by atoms with Gasteiger partial charge in [0.05, 0.1) is 12.1 Å². The lowest BCUT2D eigenvalue weighted by Gasteiger charge is -2.36. The summed E-state index contributed by atoms with van der Waals surface area (Å²) in [6.07, 6.45) is 5.31. The van der Waals surface area contributed by atoms with E-state index in [9.17, 15) is 14.7 Å². The molecule has 3 aromatic rings. The molecule has 0 radical (unpaired) electrons. The maximum absolute atomic E-state index is 12.3. The molecule has 4 rings (SSSR count). The molecule has 34 heavy (non-hydrogen) atoms. The van der Waals surface area contributed by atoms with Crippen LogP contribution in [0.2, 0.25) is 5.02 Å². The molecule has 3 N–H and O–H groups in total. The number of ether oxygens (including phenoxy) is 2. The van der Waals surface area contributed by atoms with Gasteiger partial charge in [0.15, 0.2) is 0 Å². The second kappa shape index (κ2) is 9.96. The second-order valence-electron chi connectivity index (χ2n) is 7.99. The maximum atomic E-state index is 12.3. The molecule has 176 valence electrons. The first-order valence-electron chi connectivity index (χ1n) is 10.6. The van der Waals surface area contributed by atoms with Crippen LogP contribution in [0.25, 0.3) is 11.1 Å². The van der Waals surface area contributed by atoms with Crippen LogP contribution in [0.1, 0.15) is 19.3 Å². The Morgan fingerprint density at radius 3 is 2.24 bits per heavy atom. The highest BCUT2D eigenvalue weighted by Crippen LogP contribution is 2.41. The van der Waals surface area contributed by atoms with Crippen LogP contribution in [-0.2, 0) is 4.79 Å². The highest BCUT2D eigenvalue weighted by Gasteiger charge is 2.45. The van der Waals surface area contributed by atoms with E-state index in [1.165, 1.54) is 7.11 Å². The molecule has 0 unspecified atom stereocenters. The maximum Gasteiger partial charge on any atom is 0.323 e. The summed E-state index contributed by atoms with van der Waals surface area (Å²) in [5.74, 6) is -0.320. The molecule has 0 bridgehead atoms. The number of amides is 2. The quantitative estimate of drug-likeness (QED) is 0.409. The van der Waals surface area contributed by atoms with Crippen molar-refractivity contribution < 1.29 is 24.2 Å². The summed E-state index contributed by atoms with van der Waals surface area (Å²) in [6.45, 7) is 0.0623. The number of nitrogens with zero attached hydrogens (tertiary/aromatic N) is 2. The summed E-state index contributed by atoms with van der Waals surface area (Å²) >= 11 is 6.08. The Morgan fingerprint density at radius 1 is 1.03 bits per heavy atom. The zero-order chi connectivity index (χ0) is 24.1. The van der Waals surface area contributed by atoms with Crippen LogP contribution in [0.3, 0.4) is 0 Å². The highest BCUT2D eigenvalue weighted by molar-refractivity contribution is 6.32. The summed E-state index contributed by atoms with van der Waals surface area (Å²) in [4.78, 5) is 32.1. The van der Waals surface area contributed by atoms with Gasteiger partial charge in [-0.1, -0.05) is 30.2 Å². The van der Waals surface area contributed by atoms with Gasteiger partial charge in [0.25, 0.3) is 0 Å². The minimum Gasteiger partial charge on any atom is -0.495 e. The number of carboxylic acid groups (broad SMARTS) is 1. The van der Waals surface area contributed by atoms with Crippen LogP contribution in [0.5, 0.6) is 11.8 Å². The number of benzene rings is 2. The number of urea groups is 1. The summed E-state index contributed by atoms with van der Waals surface area (Å²) in [5.41, 5.74) is 1.91. The number of hydrogen-bond acceptors (Lipinski definition) is 6. The predicted molar refractivity (Wildman–Crippen MR) is 128 cm³/mol. The van der Waals surface area contributed by atoms with Crippen LogP contribution in [0.15, 0.2) is 54.9 Å². The van der Waals surface area contributed by atoms with Gasteiger partial charge < -0.3 is 25.2 Å². The van der Waals surface area contributed by atoms with Gasteiger partial charge in [-0.2, -0.15) is 0 Å². The van der Waals surface area contributed by atoms with Crippen molar-refractivity contribution in [1.29, 1.82) is 0 Å². The third kappa shape index (κ3) is 5.20. The fourth-order valence-electron chi connectivity index (χ4n) is 3.55. The lowest BCUT2D eigenvalue weighted by atomic mass is 9.69. The molecule has 0 spiro atoms. The van der Waals surface area contributed by atoms with Gasteiger partial charge >= 0.3 is 18.0 Å². The molecule has 2 aromatic carbocycles. The van der Waals surface area contributed by atoms with E-state index < -0.39 is 17.4 Å². The lowest BCUT2D eigenvalue weighted by Crippen LogP contribution is -2.43. The number of methoxy groups -OCH3 is 1. The van der Waals surface area contributed by atoms with Crippen LogP contribution in [0.4, 0.5) is 16.2 Å². The Labute approximate surface area is 201 Å². The number of hydrogen-bond donors (Lipinski definition) is 3. The molecule has 1 aliphatic rings. The van der Waals surface area contributed by atoms with Gasteiger partial charge in [-0.25, -0.2) is 14.8 Å². The summed E-state index contributed by atoms with van der Waals surface area (Å²) in [7, 11) is 1.52. The predicted octanol–water partition coefficient (Wildman–Crippen LogP) is 5.08. The molecule has 10 heteroatoms. The van der Waals surface area contributed by atoms with E-state index in [4.69, 9.17) is 21.1 Å². The van der Waals surface area contributed by atoms with Crippen molar-refractivity contribution in [3.63, 3.8) is 0 Å². The van der Waals surface area contributed by atoms with E-state index in [0.29, 0.717) is 35.0 Å². The SMILES string of the molecule is COc1ccc(NC(=O)Nc2ccc(-c3cnc(OCC4(C(=O)O)CCC4)nc3)cc2)cc1Cl. The highest BCUT2D eigenvalue weighted by atomic mass is 35.5. The summed E-state index contributed by atoms with van der Waals surface area (Å²) in [5, 5.41) is 15.2. The molecule has 1 aromatic heterocycles. The molecule has 1 saturated carbocycles. The number of carbonyl (C=O) groups is 2. The molecular formula is C24H23ClN4O5. The van der Waals surface area contributed by atoms with Gasteiger partial charge in [-0.3, -0.25) is 4.79 Å². The molecule has 0 atom stereocenters. The number of rotatable bonds is 8. The fraction of sp³-hybridized carbons (Fsp3) is 0.250. The van der Waals surface area contributed by atoms with E-state index in [1.807, 2.05) is 12.1 Å². The van der Waals surface area contributed by atoms with Crippen molar-refractivity contribution in [2.75, 3.05) is 24.4 Å². The smallest absolute Gasteiger partial charge is 0.323 e. The minimum atomic E-state index is -0.842. The Hall–Kier alpha value is -3.85. The molecule has 0 saturated heterocycles. The van der Waals surface area contributed by atoms with E-state index in [2.05, 4.69) is 20.6 Å². The zero-order valence-corrected chi connectivity index (χ0v) is 19.1. The second-order valence-corrected chi connectivity index (χ2v) is 8.40. The third-order valence-corrected chi connectivity index (χ3v) is 6.05. The Balaban J connectivity index is 1.32. The van der Waals surface area contributed by atoms with Gasteiger partial charge in [0.1, 0.15) is 17.8 Å². The average Bonchev–Trinajstić information content (AvgIpc) is 2.79. The molecule has 9 nitrogen and oxygen atoms in total. The minimum absolute atomic E-state index is 0.0623. The number of aliphatic carboxylic acids is 1. The van der Waals surface area contributed by atoms with Gasteiger partial charge in [0, 0.05) is 29.3 Å². The van der Waals surface area contributed by atoms with Crippen molar-refractivity contribution in [3.05, 3.63) is 59.9 Å². The summed E-state index contributed by atoms with van der Waals surface area (Å²) in [6, 6.07) is 11.9. The monoisotopic (exact) mass is 482 g/mol. The number of anilines is 2. The Morgan fingerprint density at radius 2 is 1.68 bits per heavy atom. The number of nitrogens with one attached hydrogen (secondary N) is 2. The largest absolute Gasteiger partial charge is 0.495 e. The van der Waals surface area contributed by atoms with Gasteiger partial charge in [-0.15, -0.1) is 0 Å². The van der Waals surface area contributed by atoms with Crippen LogP contribution < -0.4 is 20.1 Å². The fourth-order valence-corrected chi connectivity index (χ4v) is 3.81. The van der Waals surface area contributed by atoms with E-state index >= 15 is 0 Å². The Bertz CT molecular complexity index is 1180. The molecule has 2 amide bonds. The molecular weight excluding hydrogens is 460 g/mol. The van der Waals surface area contributed by atoms with Crippen molar-refractivity contribution in [2.45, 2.75) is 19.3 Å². The zero-order valence-electron chi connectivity index (χ0n) is 18.4. The standard InChI is InChI=1S/C24H23ClN4O5/c1-33-20-8-7-18(11-19(20)25)29-22(32)28-17-5-3-15(4-6-17)16-12-26-23(27-13-16)34-14-24(21(30)31)9-2-10-24/h3-8,11-13H,2,9-10,14H2,1H3,(H,30,31)(H2,28,29,32). The average molecular weight is 483 g/mol. The van der Waals surface area contributed by atoms with Crippen molar-refractivity contribution in [3.8, 4) is 22.9 Å². The Kier molecular flexibility index (Phi) is 6.83. The van der Waals surface area contributed by atoms with Crippen molar-refractivity contribution in [1.82, 2.24) is 9.97 Å². The molecule has 1 heterocycles. The van der Waals surface area contributed by atoms with Crippen LogP contribution in [0, 0.1) is 5.41 Å². The van der Waals surface area contributed by atoms with Crippen LogP contribution >= 0.6 is 11.6 Å².